The van der Waals surface area contributed by atoms with Gasteiger partial charge in [0, 0.05) is 35.3 Å². The molecule has 0 unspecified atom stereocenters. The van der Waals surface area contributed by atoms with Crippen molar-refractivity contribution in [2.45, 2.75) is 46.0 Å². The molecule has 2 aliphatic carbocycles. The summed E-state index contributed by atoms with van der Waals surface area (Å²) in [5.41, 5.74) is 2.74. The molecule has 2 saturated heterocycles. The number of nitrogens with zero attached hydrogens (tertiary/aromatic N) is 4. The van der Waals surface area contributed by atoms with Crippen molar-refractivity contribution < 1.29 is 34.1 Å². The molecule has 6 atom stereocenters. The highest BCUT2D eigenvalue weighted by Crippen LogP contribution is 2.64. The van der Waals surface area contributed by atoms with Crippen molar-refractivity contribution in [2.24, 2.45) is 36.1 Å². The molecule has 0 radical (unpaired) electrons. The van der Waals surface area contributed by atoms with Crippen LogP contribution < -0.4 is 9.64 Å². The van der Waals surface area contributed by atoms with Gasteiger partial charge in [-0.3, -0.25) is 28.8 Å². The summed E-state index contributed by atoms with van der Waals surface area (Å²) in [7, 11) is 1.72. The first-order chi connectivity index (χ1) is 27.3. The Bertz CT molecular complexity index is 2560. The lowest BCUT2D eigenvalue weighted by molar-refractivity contribution is -0.140. The smallest absolute Gasteiger partial charge is 0.242 e. The van der Waals surface area contributed by atoms with Crippen LogP contribution in [0.4, 0.5) is 5.82 Å². The predicted molar refractivity (Wildman–Crippen MR) is 216 cm³/mol. The molecule has 2 aliphatic heterocycles. The van der Waals surface area contributed by atoms with Crippen LogP contribution in [0.5, 0.6) is 17.2 Å². The molecule has 5 aromatic rings. The van der Waals surface area contributed by atoms with Gasteiger partial charge in [-0.1, -0.05) is 41.4 Å². The van der Waals surface area contributed by atoms with Gasteiger partial charge in [0.1, 0.15) is 17.3 Å². The second kappa shape index (κ2) is 13.6. The monoisotopic (exact) mass is 804 g/mol. The molecular weight excluding hydrogens is 764 g/mol. The first-order valence-corrected chi connectivity index (χ1v) is 20.4. The Morgan fingerprint density at radius 3 is 2.49 bits per heavy atom. The average molecular weight is 805 g/mol. The maximum Gasteiger partial charge on any atom is 0.242 e. The van der Waals surface area contributed by atoms with E-state index in [9.17, 15) is 24.6 Å². The minimum atomic E-state index is -1.29. The van der Waals surface area contributed by atoms with E-state index in [2.05, 4.69) is 0 Å². The van der Waals surface area contributed by atoms with Crippen molar-refractivity contribution >= 4 is 62.5 Å². The summed E-state index contributed by atoms with van der Waals surface area (Å²) in [6, 6.07) is 19.2. The van der Waals surface area contributed by atoms with Crippen LogP contribution in [0.15, 0.2) is 78.4 Å². The van der Waals surface area contributed by atoms with E-state index in [0.29, 0.717) is 41.5 Å². The molecule has 0 bridgehead atoms. The fourth-order valence-electron chi connectivity index (χ4n) is 10.00. The van der Waals surface area contributed by atoms with Crippen LogP contribution >= 0.6 is 22.9 Å². The second-order valence-corrected chi connectivity index (χ2v) is 17.3. The Kier molecular flexibility index (Phi) is 8.85. The lowest BCUT2D eigenvalue weighted by Gasteiger charge is -2.49. The van der Waals surface area contributed by atoms with Crippen LogP contribution in [0, 0.1) is 36.0 Å². The molecular formula is C44H41ClN4O7S. The number of phenols is 2. The maximum absolute atomic E-state index is 15.2. The number of likely N-dealkylation sites (tertiary alicyclic amines) is 1. The van der Waals surface area contributed by atoms with E-state index in [-0.39, 0.29) is 53.8 Å². The number of fused-ring (bicyclic) bond motifs is 5. The zero-order chi connectivity index (χ0) is 40.1. The van der Waals surface area contributed by atoms with Crippen LogP contribution in [0.1, 0.15) is 49.3 Å². The molecule has 2 aromatic heterocycles. The number of benzene rings is 3. The van der Waals surface area contributed by atoms with Crippen LogP contribution in [0.2, 0.25) is 5.02 Å². The molecule has 4 amide bonds. The number of aromatic hydroxyl groups is 2. The fraction of sp³-hybridized carbons (Fsp3) is 0.341. The van der Waals surface area contributed by atoms with E-state index >= 15 is 4.79 Å². The summed E-state index contributed by atoms with van der Waals surface area (Å²) in [5.74, 6) is -3.86. The van der Waals surface area contributed by atoms with Crippen molar-refractivity contribution in [1.29, 1.82) is 0 Å². The lowest BCUT2D eigenvalue weighted by Crippen LogP contribution is -2.49. The van der Waals surface area contributed by atoms with E-state index in [4.69, 9.17) is 21.4 Å². The summed E-state index contributed by atoms with van der Waals surface area (Å²) in [6.45, 7) is 6.15. The number of hydrogen-bond donors (Lipinski definition) is 2. The molecule has 4 heterocycles. The largest absolute Gasteiger partial charge is 0.508 e. The highest BCUT2D eigenvalue weighted by Gasteiger charge is 2.68. The van der Waals surface area contributed by atoms with Crippen molar-refractivity contribution in [1.82, 2.24) is 14.7 Å². The molecule has 3 aromatic carbocycles. The first-order valence-electron chi connectivity index (χ1n) is 19.2. The standard InChI is InChI=1S/C44H41ClN4O7S/c1-5-56-34-18-24(8-14-33(34)51)38-27-12-13-28-37(42(54)48(40(28)52)17-16-23-6-10-26(50)11-7-23)30(27)20-31-41(53)49(43(55)44(31,38)3)36-21-32(46-47(36)4)39-22(2)29-19-25(45)9-15-35(29)57-39/h6-12,14-15,18-19,21,28,30-31,37-38,50-51H,5,13,16-17,20H2,1-4H3/t28-,30+,31-,37-,38-,44+/m0/s1. The molecule has 9 rings (SSSR count). The minimum Gasteiger partial charge on any atom is -0.508 e. The number of halogens is 1. The fourth-order valence-corrected chi connectivity index (χ4v) is 11.3. The van der Waals surface area contributed by atoms with E-state index in [0.717, 1.165) is 31.7 Å². The third-order valence-corrected chi connectivity index (χ3v) is 14.3. The summed E-state index contributed by atoms with van der Waals surface area (Å²) in [5, 5.41) is 26.9. The summed E-state index contributed by atoms with van der Waals surface area (Å²) >= 11 is 7.89. The van der Waals surface area contributed by atoms with Gasteiger partial charge in [0.15, 0.2) is 11.5 Å². The highest BCUT2D eigenvalue weighted by atomic mass is 35.5. The van der Waals surface area contributed by atoms with Gasteiger partial charge >= 0.3 is 0 Å². The number of thiophene rings is 1. The molecule has 2 N–H and O–H groups in total. The average Bonchev–Trinajstić information content (AvgIpc) is 3.86. The lowest BCUT2D eigenvalue weighted by atomic mass is 9.51. The predicted octanol–water partition coefficient (Wildman–Crippen LogP) is 7.55. The van der Waals surface area contributed by atoms with Crippen LogP contribution in [0.25, 0.3) is 20.7 Å². The van der Waals surface area contributed by atoms with E-state index in [1.807, 2.05) is 45.0 Å². The third kappa shape index (κ3) is 5.62. The Hall–Kier alpha value is -5.46. The van der Waals surface area contributed by atoms with Gasteiger partial charge in [-0.25, -0.2) is 4.90 Å². The number of ether oxygens (including phenoxy) is 1. The van der Waals surface area contributed by atoms with Gasteiger partial charge in [0.25, 0.3) is 0 Å². The molecule has 292 valence electrons. The second-order valence-electron chi connectivity index (χ2n) is 15.8. The molecule has 3 fully saturated rings. The third-order valence-electron chi connectivity index (χ3n) is 12.8. The summed E-state index contributed by atoms with van der Waals surface area (Å²) in [4.78, 5) is 62.0. The number of aromatic nitrogens is 2. The van der Waals surface area contributed by atoms with Crippen LogP contribution in [-0.4, -0.2) is 61.7 Å². The number of phenolic OH excluding ortho intramolecular Hbond substituents is 2. The zero-order valence-electron chi connectivity index (χ0n) is 31.9. The van der Waals surface area contributed by atoms with E-state index in [1.54, 1.807) is 65.5 Å². The zero-order valence-corrected chi connectivity index (χ0v) is 33.4. The molecule has 0 spiro atoms. The summed E-state index contributed by atoms with van der Waals surface area (Å²) < 4.78 is 8.41. The number of allylic oxidation sites excluding steroid dienone is 2. The number of aryl methyl sites for hydroxylation is 2. The van der Waals surface area contributed by atoms with Crippen molar-refractivity contribution in [2.75, 3.05) is 18.1 Å². The van der Waals surface area contributed by atoms with Gasteiger partial charge in [-0.15, -0.1) is 11.3 Å². The normalized spacial score (nSPS) is 25.6. The number of imide groups is 2. The van der Waals surface area contributed by atoms with E-state index < -0.39 is 35.0 Å². The number of rotatable bonds is 8. The SMILES string of the molecule is CCOc1cc([C@H]2C3=CC[C@@H]4C(=O)N(CCc5ccc(O)cc5)C(=O)[C@@H]4[C@@H]3C[C@H]3C(=O)N(c4cc(-c5sc6ccc(Cl)cc6c5C)nn4C)C(=O)[C@@]23C)ccc1O. The van der Waals surface area contributed by atoms with Crippen molar-refractivity contribution in [3.05, 3.63) is 100 Å². The van der Waals surface area contributed by atoms with E-state index in [1.165, 1.54) is 15.9 Å². The summed E-state index contributed by atoms with van der Waals surface area (Å²) in [6.07, 6.45) is 2.98. The Labute approximate surface area is 338 Å². The number of carbonyl (C=O) groups excluding carboxylic acids is 4. The van der Waals surface area contributed by atoms with Crippen LogP contribution in [-0.2, 0) is 32.6 Å². The topological polar surface area (TPSA) is 142 Å². The Morgan fingerprint density at radius 2 is 1.74 bits per heavy atom. The van der Waals surface area contributed by atoms with Crippen molar-refractivity contribution in [3.63, 3.8) is 0 Å². The molecule has 57 heavy (non-hydrogen) atoms. The Balaban J connectivity index is 1.11. The number of amides is 4. The van der Waals surface area contributed by atoms with Crippen LogP contribution in [0.3, 0.4) is 0 Å². The molecule has 4 aliphatic rings. The number of anilines is 1. The minimum absolute atomic E-state index is 0.0511. The quantitative estimate of drug-likeness (QED) is 0.121. The first kappa shape index (κ1) is 37.1. The highest BCUT2D eigenvalue weighted by molar-refractivity contribution is 7.22. The molecule has 13 heteroatoms. The van der Waals surface area contributed by atoms with Gasteiger partial charge in [-0.05, 0) is 110 Å². The van der Waals surface area contributed by atoms with Gasteiger partial charge in [-0.2, -0.15) is 5.10 Å². The van der Waals surface area contributed by atoms with Crippen molar-refractivity contribution in [3.8, 4) is 27.8 Å². The van der Waals surface area contributed by atoms with Gasteiger partial charge < -0.3 is 14.9 Å². The number of carbonyl (C=O) groups is 4. The maximum atomic E-state index is 15.2. The van der Waals surface area contributed by atoms with Gasteiger partial charge in [0.2, 0.25) is 23.6 Å². The molecule has 11 nitrogen and oxygen atoms in total. The van der Waals surface area contributed by atoms with Gasteiger partial charge in [0.05, 0.1) is 34.7 Å². The number of hydrogen-bond acceptors (Lipinski definition) is 9. The molecule has 1 saturated carbocycles. The Morgan fingerprint density at radius 1 is 0.965 bits per heavy atom.